The highest BCUT2D eigenvalue weighted by Gasteiger charge is 2.14. The lowest BCUT2D eigenvalue weighted by atomic mass is 10.2. The lowest BCUT2D eigenvalue weighted by Gasteiger charge is -2.08. The molecule has 1 N–H and O–H groups in total. The Bertz CT molecular complexity index is 604. The predicted molar refractivity (Wildman–Crippen MR) is 74.0 cm³/mol. The Morgan fingerprint density at radius 1 is 1.28 bits per heavy atom. The summed E-state index contributed by atoms with van der Waals surface area (Å²) in [5.74, 6) is -0.871. The second kappa shape index (κ2) is 5.58. The molecule has 1 heterocycles. The van der Waals surface area contributed by atoms with Crippen LogP contribution in [0.15, 0.2) is 45.6 Å². The molecule has 1 aromatic heterocycles. The Morgan fingerprint density at radius 2 is 2.06 bits per heavy atom. The molecule has 0 aliphatic heterocycles. The summed E-state index contributed by atoms with van der Waals surface area (Å²) in [4.78, 5) is 15.9. The van der Waals surface area contributed by atoms with Crippen LogP contribution < -0.4 is 5.32 Å². The number of carbonyl (C=O) groups excluding carboxylic acids is 1. The number of rotatable bonds is 2. The van der Waals surface area contributed by atoms with E-state index in [2.05, 4.69) is 42.2 Å². The summed E-state index contributed by atoms with van der Waals surface area (Å²) in [6, 6.07) is 5.95. The molecule has 18 heavy (non-hydrogen) atoms. The maximum absolute atomic E-state index is 13.3. The van der Waals surface area contributed by atoms with E-state index in [1.807, 2.05) is 0 Å². The van der Waals surface area contributed by atoms with E-state index < -0.39 is 11.7 Å². The standard InChI is InChI=1S/C12H7Br2FN2O/c13-8-6-16-5-4-10(8)17-12(18)7-2-1-3-9(15)11(7)14/h1-6H,(H,16,17,18). The first-order valence-corrected chi connectivity index (χ1v) is 6.53. The zero-order chi connectivity index (χ0) is 13.1. The molecule has 2 rings (SSSR count). The number of anilines is 1. The van der Waals surface area contributed by atoms with Crippen molar-refractivity contribution in [2.45, 2.75) is 0 Å². The van der Waals surface area contributed by atoms with Gasteiger partial charge >= 0.3 is 0 Å². The molecular formula is C12H7Br2FN2O. The lowest BCUT2D eigenvalue weighted by molar-refractivity contribution is 0.102. The fraction of sp³-hybridized carbons (Fsp3) is 0. The summed E-state index contributed by atoms with van der Waals surface area (Å²) in [5.41, 5.74) is 0.810. The van der Waals surface area contributed by atoms with Gasteiger partial charge in [-0.25, -0.2) is 4.39 Å². The van der Waals surface area contributed by atoms with Crippen LogP contribution in [0.25, 0.3) is 0 Å². The number of nitrogens with one attached hydrogen (secondary N) is 1. The molecule has 0 fully saturated rings. The zero-order valence-corrected chi connectivity index (χ0v) is 12.1. The molecule has 0 atom stereocenters. The Hall–Kier alpha value is -1.27. The van der Waals surface area contributed by atoms with Crippen molar-refractivity contribution in [1.82, 2.24) is 4.98 Å². The monoisotopic (exact) mass is 372 g/mol. The molecule has 0 aliphatic rings. The second-order valence-corrected chi connectivity index (χ2v) is 5.06. The fourth-order valence-corrected chi connectivity index (χ4v) is 2.14. The van der Waals surface area contributed by atoms with Gasteiger partial charge in [-0.15, -0.1) is 0 Å². The van der Waals surface area contributed by atoms with Crippen molar-refractivity contribution in [2.75, 3.05) is 5.32 Å². The minimum Gasteiger partial charge on any atom is -0.321 e. The normalized spacial score (nSPS) is 10.2. The molecule has 2 aromatic rings. The van der Waals surface area contributed by atoms with Crippen molar-refractivity contribution in [3.05, 3.63) is 57.0 Å². The van der Waals surface area contributed by atoms with E-state index in [0.717, 1.165) is 0 Å². The van der Waals surface area contributed by atoms with Gasteiger partial charge in [-0.1, -0.05) is 6.07 Å². The van der Waals surface area contributed by atoms with E-state index >= 15 is 0 Å². The van der Waals surface area contributed by atoms with E-state index in [4.69, 9.17) is 0 Å². The van der Waals surface area contributed by atoms with Gasteiger partial charge in [0.15, 0.2) is 0 Å². The Kier molecular flexibility index (Phi) is 4.08. The van der Waals surface area contributed by atoms with Crippen LogP contribution in [0.4, 0.5) is 10.1 Å². The fourth-order valence-electron chi connectivity index (χ4n) is 1.35. The number of hydrogen-bond donors (Lipinski definition) is 1. The third-order valence-electron chi connectivity index (χ3n) is 2.22. The molecule has 0 saturated heterocycles. The summed E-state index contributed by atoms with van der Waals surface area (Å²) in [6.07, 6.45) is 3.12. The smallest absolute Gasteiger partial charge is 0.256 e. The number of nitrogens with zero attached hydrogens (tertiary/aromatic N) is 1. The Balaban J connectivity index is 2.28. The summed E-state index contributed by atoms with van der Waals surface area (Å²) >= 11 is 6.32. The third-order valence-corrected chi connectivity index (χ3v) is 3.65. The minimum absolute atomic E-state index is 0.146. The van der Waals surface area contributed by atoms with Crippen molar-refractivity contribution in [1.29, 1.82) is 0 Å². The molecule has 6 heteroatoms. The summed E-state index contributed by atoms with van der Waals surface area (Å²) in [5, 5.41) is 2.67. The first-order chi connectivity index (χ1) is 8.59. The van der Waals surface area contributed by atoms with Gasteiger partial charge in [0.1, 0.15) is 5.82 Å². The summed E-state index contributed by atoms with van der Waals surface area (Å²) in [6.45, 7) is 0. The molecule has 92 valence electrons. The zero-order valence-electron chi connectivity index (χ0n) is 8.95. The predicted octanol–water partition coefficient (Wildman–Crippen LogP) is 4.00. The summed E-state index contributed by atoms with van der Waals surface area (Å²) in [7, 11) is 0. The molecule has 0 unspecified atom stereocenters. The van der Waals surface area contributed by atoms with Crippen molar-refractivity contribution in [2.24, 2.45) is 0 Å². The van der Waals surface area contributed by atoms with E-state index in [-0.39, 0.29) is 10.0 Å². The molecule has 0 radical (unpaired) electrons. The van der Waals surface area contributed by atoms with Crippen LogP contribution in [0.5, 0.6) is 0 Å². The molecule has 3 nitrogen and oxygen atoms in total. The average molecular weight is 374 g/mol. The maximum atomic E-state index is 13.3. The van der Waals surface area contributed by atoms with Gasteiger partial charge in [-0.3, -0.25) is 9.78 Å². The number of amides is 1. The van der Waals surface area contributed by atoms with Crippen LogP contribution in [-0.4, -0.2) is 10.9 Å². The highest BCUT2D eigenvalue weighted by atomic mass is 79.9. The largest absolute Gasteiger partial charge is 0.321 e. The van der Waals surface area contributed by atoms with E-state index in [1.165, 1.54) is 18.2 Å². The average Bonchev–Trinajstić information content (AvgIpc) is 2.35. The van der Waals surface area contributed by atoms with Crippen LogP contribution in [0.2, 0.25) is 0 Å². The van der Waals surface area contributed by atoms with E-state index in [1.54, 1.807) is 18.5 Å². The van der Waals surface area contributed by atoms with Crippen molar-refractivity contribution < 1.29 is 9.18 Å². The number of carbonyl (C=O) groups is 1. The van der Waals surface area contributed by atoms with E-state index in [9.17, 15) is 9.18 Å². The van der Waals surface area contributed by atoms with Crippen molar-refractivity contribution in [3.63, 3.8) is 0 Å². The number of pyridine rings is 1. The Morgan fingerprint density at radius 3 is 2.78 bits per heavy atom. The van der Waals surface area contributed by atoms with Gasteiger partial charge in [-0.05, 0) is 50.1 Å². The van der Waals surface area contributed by atoms with Gasteiger partial charge < -0.3 is 5.32 Å². The van der Waals surface area contributed by atoms with E-state index in [0.29, 0.717) is 10.2 Å². The highest BCUT2D eigenvalue weighted by Crippen LogP contribution is 2.24. The molecule has 0 spiro atoms. The van der Waals surface area contributed by atoms with Crippen LogP contribution in [0.3, 0.4) is 0 Å². The lowest BCUT2D eigenvalue weighted by Crippen LogP contribution is -2.13. The van der Waals surface area contributed by atoms with Crippen molar-refractivity contribution in [3.8, 4) is 0 Å². The van der Waals surface area contributed by atoms with Crippen LogP contribution in [0.1, 0.15) is 10.4 Å². The molecule has 0 saturated carbocycles. The first kappa shape index (κ1) is 13.2. The van der Waals surface area contributed by atoms with Crippen LogP contribution >= 0.6 is 31.9 Å². The number of benzene rings is 1. The van der Waals surface area contributed by atoms with Gasteiger partial charge in [0.05, 0.1) is 20.2 Å². The highest BCUT2D eigenvalue weighted by molar-refractivity contribution is 9.11. The van der Waals surface area contributed by atoms with Crippen LogP contribution in [-0.2, 0) is 0 Å². The topological polar surface area (TPSA) is 42.0 Å². The molecule has 1 aromatic carbocycles. The molecule has 0 aliphatic carbocycles. The number of aromatic nitrogens is 1. The quantitative estimate of drug-likeness (QED) is 0.864. The van der Waals surface area contributed by atoms with Gasteiger partial charge in [0.25, 0.3) is 5.91 Å². The van der Waals surface area contributed by atoms with Gasteiger partial charge in [0, 0.05) is 12.4 Å². The maximum Gasteiger partial charge on any atom is 0.256 e. The SMILES string of the molecule is O=C(Nc1ccncc1Br)c1cccc(F)c1Br. The first-order valence-electron chi connectivity index (χ1n) is 4.94. The van der Waals surface area contributed by atoms with Gasteiger partial charge in [-0.2, -0.15) is 0 Å². The molecular weight excluding hydrogens is 367 g/mol. The molecule has 0 bridgehead atoms. The Labute approximate surface area is 120 Å². The van der Waals surface area contributed by atoms with Crippen LogP contribution in [0, 0.1) is 5.82 Å². The third kappa shape index (κ3) is 2.76. The summed E-state index contributed by atoms with van der Waals surface area (Å²) < 4.78 is 14.1. The second-order valence-electron chi connectivity index (χ2n) is 3.41. The van der Waals surface area contributed by atoms with Gasteiger partial charge in [0.2, 0.25) is 0 Å². The molecule has 1 amide bonds. The number of hydrogen-bond acceptors (Lipinski definition) is 2. The minimum atomic E-state index is -0.476. The van der Waals surface area contributed by atoms with Crippen molar-refractivity contribution >= 4 is 43.5 Å². The number of halogens is 3.